The van der Waals surface area contributed by atoms with Crippen molar-refractivity contribution < 1.29 is 0 Å². The van der Waals surface area contributed by atoms with Crippen molar-refractivity contribution in [1.29, 1.82) is 0 Å². The Hall–Kier alpha value is -0.310. The molecular weight excluding hydrogens is 206 g/mol. The van der Waals surface area contributed by atoms with Crippen LogP contribution in [-0.4, -0.2) is 0 Å². The molecule has 0 unspecified atom stereocenters. The van der Waals surface area contributed by atoms with Crippen LogP contribution in [0.4, 0.5) is 11.4 Å². The Balaban J connectivity index is 0. The first-order valence-electron chi connectivity index (χ1n) is 2.55. The van der Waals surface area contributed by atoms with Gasteiger partial charge in [0.2, 0.25) is 0 Å². The van der Waals surface area contributed by atoms with Crippen LogP contribution in [0.5, 0.6) is 0 Å². The second-order valence-corrected chi connectivity index (χ2v) is 1.91. The average Bonchev–Trinajstić information content (AvgIpc) is 1.90. The van der Waals surface area contributed by atoms with Crippen molar-refractivity contribution in [2.75, 3.05) is 10.6 Å². The zero-order valence-corrected chi connectivity index (χ0v) is 7.97. The quantitative estimate of drug-likeness (QED) is 0.558. The van der Waals surface area contributed by atoms with Gasteiger partial charge in [0.05, 0.1) is 0 Å². The van der Waals surface area contributed by atoms with E-state index < -0.39 is 0 Å². The highest BCUT2D eigenvalue weighted by molar-refractivity contribution is 6.23. The van der Waals surface area contributed by atoms with Crippen LogP contribution in [0.15, 0.2) is 24.3 Å². The smallest absolute Gasteiger partial charge is 0.0493 e. The lowest BCUT2D eigenvalue weighted by Gasteiger charge is -1.95. The standard InChI is InChI=1S/C6H7ClN2.2ClH/c7-9-6-3-1-5(8)2-4-6;;/h1-4,9H,8H2;2*1H. The minimum absolute atomic E-state index is 0. The van der Waals surface area contributed by atoms with Crippen molar-refractivity contribution in [3.8, 4) is 0 Å². The molecule has 0 spiro atoms. The molecule has 0 atom stereocenters. The summed E-state index contributed by atoms with van der Waals surface area (Å²) in [6.45, 7) is 0. The molecule has 1 rings (SSSR count). The lowest BCUT2D eigenvalue weighted by atomic mass is 10.3. The predicted octanol–water partition coefficient (Wildman–Crippen LogP) is 2.68. The third-order valence-electron chi connectivity index (χ3n) is 1.02. The molecule has 0 aliphatic rings. The Morgan fingerprint density at radius 3 is 1.91 bits per heavy atom. The lowest BCUT2D eigenvalue weighted by Crippen LogP contribution is -1.84. The second-order valence-electron chi connectivity index (χ2n) is 1.72. The molecule has 0 aromatic heterocycles. The average molecular weight is 216 g/mol. The summed E-state index contributed by atoms with van der Waals surface area (Å²) in [6, 6.07) is 7.18. The number of nitrogens with two attached hydrogens (primary N) is 1. The van der Waals surface area contributed by atoms with Crippen molar-refractivity contribution >= 4 is 48.0 Å². The zero-order valence-electron chi connectivity index (χ0n) is 5.58. The van der Waals surface area contributed by atoms with Gasteiger partial charge < -0.3 is 5.73 Å². The van der Waals surface area contributed by atoms with E-state index in [1.165, 1.54) is 0 Å². The zero-order chi connectivity index (χ0) is 6.69. The number of nitrogen functional groups attached to an aromatic ring is 1. The van der Waals surface area contributed by atoms with Crippen LogP contribution in [0.1, 0.15) is 0 Å². The summed E-state index contributed by atoms with van der Waals surface area (Å²) >= 11 is 5.29. The number of halogens is 3. The van der Waals surface area contributed by atoms with Gasteiger partial charge in [0, 0.05) is 23.2 Å². The summed E-state index contributed by atoms with van der Waals surface area (Å²) in [5.41, 5.74) is 7.00. The monoisotopic (exact) mass is 214 g/mol. The third kappa shape index (κ3) is 4.19. The number of rotatable bonds is 1. The molecule has 0 saturated carbocycles. The Morgan fingerprint density at radius 1 is 1.09 bits per heavy atom. The summed E-state index contributed by atoms with van der Waals surface area (Å²) < 4.78 is 0. The van der Waals surface area contributed by atoms with Crippen LogP contribution in [-0.2, 0) is 0 Å². The maximum absolute atomic E-state index is 5.41. The summed E-state index contributed by atoms with van der Waals surface area (Å²) in [6.07, 6.45) is 0. The van der Waals surface area contributed by atoms with Crippen LogP contribution in [0, 0.1) is 0 Å². The fraction of sp³-hybridized carbons (Fsp3) is 0. The number of nitrogens with one attached hydrogen (secondary N) is 1. The van der Waals surface area contributed by atoms with Crippen LogP contribution in [0.2, 0.25) is 0 Å². The van der Waals surface area contributed by atoms with Gasteiger partial charge in [0.1, 0.15) is 0 Å². The van der Waals surface area contributed by atoms with Crippen LogP contribution in [0.3, 0.4) is 0 Å². The molecule has 64 valence electrons. The third-order valence-corrected chi connectivity index (χ3v) is 1.24. The number of hydrogen-bond donors (Lipinski definition) is 2. The largest absolute Gasteiger partial charge is 0.399 e. The van der Waals surface area contributed by atoms with Crippen molar-refractivity contribution in [2.45, 2.75) is 0 Å². The van der Waals surface area contributed by atoms with Gasteiger partial charge in [0.15, 0.2) is 0 Å². The summed E-state index contributed by atoms with van der Waals surface area (Å²) in [7, 11) is 0. The van der Waals surface area contributed by atoms with E-state index >= 15 is 0 Å². The first-order chi connectivity index (χ1) is 4.33. The number of hydrogen-bond acceptors (Lipinski definition) is 2. The minimum Gasteiger partial charge on any atom is -0.399 e. The normalized spacial score (nSPS) is 7.36. The molecule has 0 radical (unpaired) electrons. The SMILES string of the molecule is Cl.Cl.Nc1ccc(NCl)cc1. The van der Waals surface area contributed by atoms with Gasteiger partial charge in [-0.1, -0.05) is 0 Å². The molecule has 0 aliphatic heterocycles. The number of benzene rings is 1. The van der Waals surface area contributed by atoms with E-state index in [2.05, 4.69) is 4.84 Å². The van der Waals surface area contributed by atoms with Gasteiger partial charge in [-0.05, 0) is 24.3 Å². The van der Waals surface area contributed by atoms with E-state index in [1.807, 2.05) is 12.1 Å². The Kier molecular flexibility index (Phi) is 7.74. The maximum atomic E-state index is 5.41. The van der Waals surface area contributed by atoms with E-state index in [1.54, 1.807) is 12.1 Å². The van der Waals surface area contributed by atoms with Gasteiger partial charge in [0.25, 0.3) is 0 Å². The van der Waals surface area contributed by atoms with Crippen molar-refractivity contribution in [2.24, 2.45) is 0 Å². The maximum Gasteiger partial charge on any atom is 0.0493 e. The molecule has 2 nitrogen and oxygen atoms in total. The molecule has 1 aromatic carbocycles. The summed E-state index contributed by atoms with van der Waals surface area (Å²) in [5.74, 6) is 0. The van der Waals surface area contributed by atoms with E-state index in [-0.39, 0.29) is 24.8 Å². The highest BCUT2D eigenvalue weighted by Gasteiger charge is 1.85. The minimum atomic E-state index is 0. The van der Waals surface area contributed by atoms with E-state index in [0.717, 1.165) is 11.4 Å². The van der Waals surface area contributed by atoms with Crippen LogP contribution in [0.25, 0.3) is 0 Å². The topological polar surface area (TPSA) is 38.0 Å². The molecule has 11 heavy (non-hydrogen) atoms. The van der Waals surface area contributed by atoms with Crippen molar-refractivity contribution in [1.82, 2.24) is 0 Å². The molecule has 0 saturated heterocycles. The van der Waals surface area contributed by atoms with Crippen LogP contribution < -0.4 is 10.6 Å². The fourth-order valence-electron chi connectivity index (χ4n) is 0.546. The number of anilines is 2. The lowest BCUT2D eigenvalue weighted by molar-refractivity contribution is 1.66. The molecule has 5 heteroatoms. The fourth-order valence-corrected chi connectivity index (χ4v) is 0.672. The van der Waals surface area contributed by atoms with Gasteiger partial charge in [-0.25, -0.2) is 0 Å². The molecule has 3 N–H and O–H groups in total. The van der Waals surface area contributed by atoms with E-state index in [4.69, 9.17) is 17.5 Å². The summed E-state index contributed by atoms with van der Waals surface area (Å²) in [4.78, 5) is 2.47. The first kappa shape index (κ1) is 13.3. The molecule has 1 aromatic rings. The molecule has 0 amide bonds. The van der Waals surface area contributed by atoms with E-state index in [0.29, 0.717) is 0 Å². The predicted molar refractivity (Wildman–Crippen MR) is 54.8 cm³/mol. The molecule has 0 aliphatic carbocycles. The Morgan fingerprint density at radius 2 is 1.55 bits per heavy atom. The van der Waals surface area contributed by atoms with Crippen LogP contribution >= 0.6 is 36.6 Å². The van der Waals surface area contributed by atoms with Gasteiger partial charge >= 0.3 is 0 Å². The highest BCUT2D eigenvalue weighted by atomic mass is 35.5. The van der Waals surface area contributed by atoms with Gasteiger partial charge in [-0.3, -0.25) is 4.84 Å². The van der Waals surface area contributed by atoms with Crippen molar-refractivity contribution in [3.05, 3.63) is 24.3 Å². The molecule has 0 fully saturated rings. The van der Waals surface area contributed by atoms with E-state index in [9.17, 15) is 0 Å². The summed E-state index contributed by atoms with van der Waals surface area (Å²) in [5, 5.41) is 0. The first-order valence-corrected chi connectivity index (χ1v) is 2.93. The van der Waals surface area contributed by atoms with Gasteiger partial charge in [-0.15, -0.1) is 24.8 Å². The molecular formula is C6H9Cl3N2. The Labute approximate surface area is 83.0 Å². The second kappa shape index (κ2) is 6.40. The van der Waals surface area contributed by atoms with Crippen molar-refractivity contribution in [3.63, 3.8) is 0 Å². The molecule has 0 heterocycles. The highest BCUT2D eigenvalue weighted by Crippen LogP contribution is 2.10. The Bertz CT molecular complexity index is 188. The van der Waals surface area contributed by atoms with Gasteiger partial charge in [-0.2, -0.15) is 0 Å². The molecule has 0 bridgehead atoms.